The van der Waals surface area contributed by atoms with Gasteiger partial charge in [-0.2, -0.15) is 0 Å². The highest BCUT2D eigenvalue weighted by Gasteiger charge is 2.01. The Kier molecular flexibility index (Phi) is 5.57. The number of carbonyl (C=O) groups excluding carboxylic acids is 1. The monoisotopic (exact) mass is 220 g/mol. The van der Waals surface area contributed by atoms with Crippen molar-refractivity contribution in [1.82, 2.24) is 5.32 Å². The molecule has 0 heterocycles. The van der Waals surface area contributed by atoms with Gasteiger partial charge < -0.3 is 10.6 Å². The molecule has 0 unspecified atom stereocenters. The average Bonchev–Trinajstić information content (AvgIpc) is 2.26. The van der Waals surface area contributed by atoms with Crippen molar-refractivity contribution in [3.63, 3.8) is 0 Å². The fourth-order valence-corrected chi connectivity index (χ4v) is 1.51. The molecule has 0 saturated heterocycles. The first kappa shape index (κ1) is 12.7. The molecule has 1 aromatic carbocycles. The van der Waals surface area contributed by atoms with E-state index in [4.69, 9.17) is 0 Å². The van der Waals surface area contributed by atoms with Crippen LogP contribution in [0.1, 0.15) is 32.3 Å². The molecule has 16 heavy (non-hydrogen) atoms. The van der Waals surface area contributed by atoms with Gasteiger partial charge in [0.2, 0.25) is 5.91 Å². The van der Waals surface area contributed by atoms with Crippen molar-refractivity contribution >= 4 is 11.6 Å². The fourth-order valence-electron chi connectivity index (χ4n) is 1.51. The molecule has 1 rings (SSSR count). The predicted molar refractivity (Wildman–Crippen MR) is 67.4 cm³/mol. The molecule has 0 aromatic heterocycles. The molecule has 0 atom stereocenters. The first-order valence-corrected chi connectivity index (χ1v) is 5.80. The summed E-state index contributed by atoms with van der Waals surface area (Å²) in [7, 11) is 0. The minimum absolute atomic E-state index is 0.0268. The Morgan fingerprint density at radius 2 is 2.06 bits per heavy atom. The molecule has 88 valence electrons. The van der Waals surface area contributed by atoms with E-state index in [0.717, 1.165) is 24.3 Å². The SMILES string of the molecule is CCCCNCc1ccccc1NC(C)=O. The van der Waals surface area contributed by atoms with Crippen LogP contribution >= 0.6 is 0 Å². The second-order valence-electron chi connectivity index (χ2n) is 3.87. The first-order chi connectivity index (χ1) is 7.74. The van der Waals surface area contributed by atoms with Crippen LogP contribution in [0.5, 0.6) is 0 Å². The summed E-state index contributed by atoms with van der Waals surface area (Å²) in [6.45, 7) is 5.52. The number of carbonyl (C=O) groups is 1. The van der Waals surface area contributed by atoms with Crippen LogP contribution in [0.2, 0.25) is 0 Å². The Balaban J connectivity index is 2.53. The van der Waals surface area contributed by atoms with Crippen molar-refractivity contribution in [3.8, 4) is 0 Å². The van der Waals surface area contributed by atoms with Gasteiger partial charge in [0, 0.05) is 19.2 Å². The number of hydrogen-bond donors (Lipinski definition) is 2. The van der Waals surface area contributed by atoms with Crippen molar-refractivity contribution in [2.75, 3.05) is 11.9 Å². The summed E-state index contributed by atoms with van der Waals surface area (Å²) < 4.78 is 0. The number of nitrogens with one attached hydrogen (secondary N) is 2. The zero-order valence-corrected chi connectivity index (χ0v) is 10.0. The Morgan fingerprint density at radius 1 is 1.31 bits per heavy atom. The predicted octanol–water partition coefficient (Wildman–Crippen LogP) is 2.53. The van der Waals surface area contributed by atoms with E-state index < -0.39 is 0 Å². The van der Waals surface area contributed by atoms with Gasteiger partial charge in [0.25, 0.3) is 0 Å². The Bertz CT molecular complexity index is 336. The second-order valence-corrected chi connectivity index (χ2v) is 3.87. The number of rotatable bonds is 6. The lowest BCUT2D eigenvalue weighted by molar-refractivity contribution is -0.114. The zero-order valence-electron chi connectivity index (χ0n) is 10.0. The van der Waals surface area contributed by atoms with Gasteiger partial charge in [0.15, 0.2) is 0 Å². The Hall–Kier alpha value is -1.35. The Labute approximate surface area is 97.2 Å². The van der Waals surface area contributed by atoms with E-state index in [2.05, 4.69) is 17.6 Å². The molecule has 2 N–H and O–H groups in total. The van der Waals surface area contributed by atoms with Crippen LogP contribution in [0.15, 0.2) is 24.3 Å². The van der Waals surface area contributed by atoms with Crippen molar-refractivity contribution in [2.45, 2.75) is 33.2 Å². The third kappa shape index (κ3) is 4.45. The number of amides is 1. The number of anilines is 1. The molecule has 1 amide bonds. The maximum absolute atomic E-state index is 11.0. The standard InChI is InChI=1S/C13H20N2O/c1-3-4-9-14-10-12-7-5-6-8-13(12)15-11(2)16/h5-8,14H,3-4,9-10H2,1-2H3,(H,15,16). The lowest BCUT2D eigenvalue weighted by Crippen LogP contribution is -2.16. The number of hydrogen-bond acceptors (Lipinski definition) is 2. The van der Waals surface area contributed by atoms with Gasteiger partial charge in [-0.1, -0.05) is 31.5 Å². The highest BCUT2D eigenvalue weighted by atomic mass is 16.1. The third-order valence-corrected chi connectivity index (χ3v) is 2.35. The smallest absolute Gasteiger partial charge is 0.221 e. The maximum Gasteiger partial charge on any atom is 0.221 e. The minimum atomic E-state index is -0.0268. The van der Waals surface area contributed by atoms with Gasteiger partial charge >= 0.3 is 0 Å². The molecule has 0 radical (unpaired) electrons. The summed E-state index contributed by atoms with van der Waals surface area (Å²) in [5, 5.41) is 6.20. The molecule has 0 aliphatic rings. The molecule has 0 aliphatic heterocycles. The van der Waals surface area contributed by atoms with Crippen LogP contribution in [-0.2, 0) is 11.3 Å². The molecule has 3 heteroatoms. The second kappa shape index (κ2) is 7.01. The minimum Gasteiger partial charge on any atom is -0.326 e. The third-order valence-electron chi connectivity index (χ3n) is 2.35. The first-order valence-electron chi connectivity index (χ1n) is 5.80. The fraction of sp³-hybridized carbons (Fsp3) is 0.462. The van der Waals surface area contributed by atoms with Gasteiger partial charge in [0.05, 0.1) is 0 Å². The summed E-state index contributed by atoms with van der Waals surface area (Å²) in [6, 6.07) is 7.88. The van der Waals surface area contributed by atoms with E-state index in [1.54, 1.807) is 0 Å². The molecule has 0 saturated carbocycles. The van der Waals surface area contributed by atoms with Crippen molar-refractivity contribution < 1.29 is 4.79 Å². The summed E-state index contributed by atoms with van der Waals surface area (Å²) in [5.41, 5.74) is 2.04. The van der Waals surface area contributed by atoms with Gasteiger partial charge in [-0.25, -0.2) is 0 Å². The summed E-state index contributed by atoms with van der Waals surface area (Å²) in [6.07, 6.45) is 2.38. The van der Waals surface area contributed by atoms with E-state index in [1.165, 1.54) is 19.8 Å². The molecule has 0 spiro atoms. The van der Waals surface area contributed by atoms with E-state index in [1.807, 2.05) is 24.3 Å². The van der Waals surface area contributed by atoms with Crippen molar-refractivity contribution in [3.05, 3.63) is 29.8 Å². The molecular formula is C13H20N2O. The molecule has 0 fully saturated rings. The van der Waals surface area contributed by atoms with Crippen LogP contribution in [0.4, 0.5) is 5.69 Å². The lowest BCUT2D eigenvalue weighted by Gasteiger charge is -2.10. The molecule has 3 nitrogen and oxygen atoms in total. The molecule has 0 aliphatic carbocycles. The number of para-hydroxylation sites is 1. The molecule has 1 aromatic rings. The van der Waals surface area contributed by atoms with Crippen LogP contribution < -0.4 is 10.6 Å². The van der Waals surface area contributed by atoms with Crippen molar-refractivity contribution in [2.24, 2.45) is 0 Å². The van der Waals surface area contributed by atoms with E-state index in [9.17, 15) is 4.79 Å². The molecule has 0 bridgehead atoms. The Morgan fingerprint density at radius 3 is 2.75 bits per heavy atom. The van der Waals surface area contributed by atoms with Gasteiger partial charge in [-0.3, -0.25) is 4.79 Å². The normalized spacial score (nSPS) is 10.1. The van der Waals surface area contributed by atoms with Crippen molar-refractivity contribution in [1.29, 1.82) is 0 Å². The zero-order chi connectivity index (χ0) is 11.8. The van der Waals surface area contributed by atoms with Gasteiger partial charge in [0.1, 0.15) is 0 Å². The summed E-state index contributed by atoms with van der Waals surface area (Å²) in [4.78, 5) is 11.0. The average molecular weight is 220 g/mol. The van der Waals surface area contributed by atoms with Gasteiger partial charge in [-0.15, -0.1) is 0 Å². The highest BCUT2D eigenvalue weighted by Crippen LogP contribution is 2.14. The van der Waals surface area contributed by atoms with E-state index in [-0.39, 0.29) is 5.91 Å². The highest BCUT2D eigenvalue weighted by molar-refractivity contribution is 5.89. The van der Waals surface area contributed by atoms with Crippen LogP contribution in [0.3, 0.4) is 0 Å². The van der Waals surface area contributed by atoms with E-state index >= 15 is 0 Å². The summed E-state index contributed by atoms with van der Waals surface area (Å²) in [5.74, 6) is -0.0268. The van der Waals surface area contributed by atoms with Crippen LogP contribution in [0, 0.1) is 0 Å². The maximum atomic E-state index is 11.0. The van der Waals surface area contributed by atoms with E-state index in [0.29, 0.717) is 0 Å². The number of unbranched alkanes of at least 4 members (excludes halogenated alkanes) is 1. The summed E-state index contributed by atoms with van der Waals surface area (Å²) >= 11 is 0. The lowest BCUT2D eigenvalue weighted by atomic mass is 10.1. The number of benzene rings is 1. The molecular weight excluding hydrogens is 200 g/mol. The largest absolute Gasteiger partial charge is 0.326 e. The quantitative estimate of drug-likeness (QED) is 0.723. The van der Waals surface area contributed by atoms with Crippen LogP contribution in [0.25, 0.3) is 0 Å². The topological polar surface area (TPSA) is 41.1 Å². The van der Waals surface area contributed by atoms with Gasteiger partial charge in [-0.05, 0) is 24.6 Å². The van der Waals surface area contributed by atoms with Crippen LogP contribution in [-0.4, -0.2) is 12.5 Å².